The number of nitrogens with one attached hydrogen (secondary N) is 2. The molecule has 0 atom stereocenters. The summed E-state index contributed by atoms with van der Waals surface area (Å²) in [4.78, 5) is 80.9. The van der Waals surface area contributed by atoms with Crippen LogP contribution in [0.5, 0.6) is 23.0 Å². The molecule has 0 aliphatic carbocycles. The van der Waals surface area contributed by atoms with Gasteiger partial charge in [0, 0.05) is 11.1 Å². The van der Waals surface area contributed by atoms with Gasteiger partial charge < -0.3 is 25.6 Å². The molecule has 0 aromatic heterocycles. The van der Waals surface area contributed by atoms with Gasteiger partial charge in [0.05, 0.1) is 45.0 Å². The SMILES string of the molecule is O=C(Nc1ccccc1O)c1ccc2c(c1)C(=O)N(c1ccc(Oc3ccc(N4C(=O)c5ccc(C(=O)Nc6ccccc6O)cc5C4=O)cc3)cc1)C2=O. The molecule has 2 heterocycles. The van der Waals surface area contributed by atoms with Gasteiger partial charge in [-0.05, 0) is 109 Å². The quantitative estimate of drug-likeness (QED) is 0.0947. The smallest absolute Gasteiger partial charge is 0.266 e. The van der Waals surface area contributed by atoms with Gasteiger partial charge in [-0.15, -0.1) is 0 Å². The van der Waals surface area contributed by atoms with E-state index in [-0.39, 0.29) is 67.6 Å². The fourth-order valence-electron chi connectivity index (χ4n) is 6.24. The van der Waals surface area contributed by atoms with E-state index >= 15 is 0 Å². The van der Waals surface area contributed by atoms with E-state index in [9.17, 15) is 39.0 Å². The molecule has 0 saturated heterocycles. The summed E-state index contributed by atoms with van der Waals surface area (Å²) in [6.07, 6.45) is 0. The van der Waals surface area contributed by atoms with Crippen molar-refractivity contribution in [2.75, 3.05) is 20.4 Å². The molecule has 4 N–H and O–H groups in total. The maximum Gasteiger partial charge on any atom is 0.266 e. The lowest BCUT2D eigenvalue weighted by Gasteiger charge is -2.16. The topological polar surface area (TPSA) is 183 Å². The molecule has 2 aliphatic rings. The number of phenolic OH excluding ortho intramolecular Hbond substituents is 2. The van der Waals surface area contributed by atoms with Gasteiger partial charge >= 0.3 is 0 Å². The zero-order valence-corrected chi connectivity index (χ0v) is 28.3. The first-order valence-electron chi connectivity index (χ1n) is 16.7. The van der Waals surface area contributed by atoms with Gasteiger partial charge in [0.15, 0.2) is 0 Å². The molecule has 0 unspecified atom stereocenters. The Labute approximate surface area is 311 Å². The number of fused-ring (bicyclic) bond motifs is 2. The van der Waals surface area contributed by atoms with Crippen molar-refractivity contribution in [3.05, 3.63) is 167 Å². The summed E-state index contributed by atoms with van der Waals surface area (Å²) in [5.74, 6) is -2.97. The van der Waals surface area contributed by atoms with E-state index in [1.165, 1.54) is 84.9 Å². The van der Waals surface area contributed by atoms with Crippen LogP contribution in [0.1, 0.15) is 62.1 Å². The second kappa shape index (κ2) is 13.5. The Morgan fingerprint density at radius 2 is 0.818 bits per heavy atom. The monoisotopic (exact) mass is 730 g/mol. The maximum absolute atomic E-state index is 13.4. The zero-order chi connectivity index (χ0) is 38.4. The van der Waals surface area contributed by atoms with E-state index < -0.39 is 35.4 Å². The number of imide groups is 2. The lowest BCUT2D eigenvalue weighted by molar-refractivity contribution is 0.0910. The van der Waals surface area contributed by atoms with Crippen LogP contribution in [0.25, 0.3) is 0 Å². The average Bonchev–Trinajstić information content (AvgIpc) is 3.60. The average molecular weight is 731 g/mol. The Morgan fingerprint density at radius 1 is 0.455 bits per heavy atom. The van der Waals surface area contributed by atoms with Gasteiger partial charge in [0.1, 0.15) is 23.0 Å². The summed E-state index contributed by atoms with van der Waals surface area (Å²) in [5.41, 5.74) is 1.60. The van der Waals surface area contributed by atoms with E-state index in [1.807, 2.05) is 0 Å². The van der Waals surface area contributed by atoms with Crippen LogP contribution in [0.2, 0.25) is 0 Å². The number of hydrogen-bond acceptors (Lipinski definition) is 9. The predicted octanol–water partition coefficient (Wildman–Crippen LogP) is 7.00. The summed E-state index contributed by atoms with van der Waals surface area (Å²) in [7, 11) is 0. The Morgan fingerprint density at radius 3 is 1.20 bits per heavy atom. The normalized spacial score (nSPS) is 13.1. The minimum Gasteiger partial charge on any atom is -0.506 e. The van der Waals surface area contributed by atoms with Gasteiger partial charge in [0.25, 0.3) is 35.4 Å². The summed E-state index contributed by atoms with van der Waals surface area (Å²) < 4.78 is 5.94. The van der Waals surface area contributed by atoms with E-state index in [0.29, 0.717) is 11.5 Å². The first kappa shape index (κ1) is 34.0. The van der Waals surface area contributed by atoms with Crippen molar-refractivity contribution in [2.45, 2.75) is 0 Å². The van der Waals surface area contributed by atoms with Crippen LogP contribution in [0.15, 0.2) is 133 Å². The highest BCUT2D eigenvalue weighted by atomic mass is 16.5. The first-order valence-corrected chi connectivity index (χ1v) is 16.7. The number of phenols is 2. The van der Waals surface area contributed by atoms with Crippen LogP contribution in [0.4, 0.5) is 22.7 Å². The lowest BCUT2D eigenvalue weighted by atomic mass is 10.1. The summed E-state index contributed by atoms with van der Waals surface area (Å²) in [6, 6.07) is 33.2. The highest BCUT2D eigenvalue weighted by Gasteiger charge is 2.38. The van der Waals surface area contributed by atoms with E-state index in [4.69, 9.17) is 4.74 Å². The standard InChI is InChI=1S/C42H26N4O9/c47-35-7-3-1-5-33(35)43-37(49)23-9-19-29-31(21-23)41(53)45(39(29)51)25-11-15-27(16-12-25)55-28-17-13-26(14-18-28)46-40(52)30-20-10-24(22-32(30)42(46)54)38(50)44-34-6-2-4-8-36(34)48/h1-22,47-48H,(H,43,49)(H,44,50). The highest BCUT2D eigenvalue weighted by Crippen LogP contribution is 2.34. The lowest BCUT2D eigenvalue weighted by Crippen LogP contribution is -2.29. The molecular weight excluding hydrogens is 704 g/mol. The molecule has 268 valence electrons. The Kier molecular flexibility index (Phi) is 8.35. The first-order chi connectivity index (χ1) is 26.6. The second-order valence-electron chi connectivity index (χ2n) is 12.4. The third-order valence-corrected chi connectivity index (χ3v) is 9.03. The molecule has 13 heteroatoms. The van der Waals surface area contributed by atoms with E-state index in [1.54, 1.807) is 48.5 Å². The number of carbonyl (C=O) groups is 6. The number of anilines is 4. The molecule has 6 aromatic carbocycles. The van der Waals surface area contributed by atoms with Gasteiger partial charge in [-0.1, -0.05) is 24.3 Å². The Balaban J connectivity index is 0.925. The molecule has 6 amide bonds. The molecule has 0 bridgehead atoms. The van der Waals surface area contributed by atoms with Crippen LogP contribution in [0, 0.1) is 0 Å². The maximum atomic E-state index is 13.4. The number of rotatable bonds is 8. The number of benzene rings is 6. The van der Waals surface area contributed by atoms with Crippen molar-refractivity contribution in [1.29, 1.82) is 0 Å². The third kappa shape index (κ3) is 6.17. The second-order valence-corrected chi connectivity index (χ2v) is 12.4. The number of nitrogens with zero attached hydrogens (tertiary/aromatic N) is 2. The number of para-hydroxylation sites is 4. The van der Waals surface area contributed by atoms with Gasteiger partial charge in [-0.25, -0.2) is 9.80 Å². The van der Waals surface area contributed by atoms with E-state index in [2.05, 4.69) is 10.6 Å². The van der Waals surface area contributed by atoms with E-state index in [0.717, 1.165) is 9.80 Å². The van der Waals surface area contributed by atoms with Crippen LogP contribution in [-0.4, -0.2) is 45.7 Å². The minimum atomic E-state index is -0.610. The highest BCUT2D eigenvalue weighted by molar-refractivity contribution is 6.35. The summed E-state index contributed by atoms with van der Waals surface area (Å²) >= 11 is 0. The fraction of sp³-hybridized carbons (Fsp3) is 0. The molecule has 0 radical (unpaired) electrons. The van der Waals surface area contributed by atoms with Crippen molar-refractivity contribution in [2.24, 2.45) is 0 Å². The molecular formula is C42H26N4O9. The molecule has 2 aliphatic heterocycles. The fourth-order valence-corrected chi connectivity index (χ4v) is 6.24. The number of aromatic hydroxyl groups is 2. The van der Waals surface area contributed by atoms with Gasteiger partial charge in [0.2, 0.25) is 0 Å². The zero-order valence-electron chi connectivity index (χ0n) is 28.3. The predicted molar refractivity (Wildman–Crippen MR) is 200 cm³/mol. The summed E-state index contributed by atoms with van der Waals surface area (Å²) in [6.45, 7) is 0. The van der Waals surface area contributed by atoms with Crippen LogP contribution >= 0.6 is 0 Å². The number of carbonyl (C=O) groups excluding carboxylic acids is 6. The van der Waals surface area contributed by atoms with Crippen LogP contribution in [0.3, 0.4) is 0 Å². The van der Waals surface area contributed by atoms with Crippen LogP contribution in [-0.2, 0) is 0 Å². The molecule has 55 heavy (non-hydrogen) atoms. The van der Waals surface area contributed by atoms with Crippen molar-refractivity contribution < 1.29 is 43.7 Å². The van der Waals surface area contributed by atoms with Gasteiger partial charge in [-0.2, -0.15) is 0 Å². The van der Waals surface area contributed by atoms with Crippen LogP contribution < -0.4 is 25.2 Å². The Hall–Kier alpha value is -8.06. The number of amides is 6. The van der Waals surface area contributed by atoms with Crippen molar-refractivity contribution in [3.8, 4) is 23.0 Å². The Bertz CT molecular complexity index is 2440. The molecule has 8 rings (SSSR count). The van der Waals surface area contributed by atoms with Crippen molar-refractivity contribution in [1.82, 2.24) is 0 Å². The number of ether oxygens (including phenoxy) is 1. The molecule has 0 fully saturated rings. The molecule has 6 aromatic rings. The molecule has 0 saturated carbocycles. The van der Waals surface area contributed by atoms with Gasteiger partial charge in [-0.3, -0.25) is 28.8 Å². The molecule has 13 nitrogen and oxygen atoms in total. The van der Waals surface area contributed by atoms with Crippen molar-refractivity contribution in [3.63, 3.8) is 0 Å². The number of hydrogen-bond donors (Lipinski definition) is 4. The third-order valence-electron chi connectivity index (χ3n) is 9.03. The summed E-state index contributed by atoms with van der Waals surface area (Å²) in [5, 5.41) is 25.1. The largest absolute Gasteiger partial charge is 0.506 e. The molecule has 0 spiro atoms. The minimum absolute atomic E-state index is 0.0588. The van der Waals surface area contributed by atoms with Crippen molar-refractivity contribution >= 4 is 58.2 Å².